The normalized spacial score (nSPS) is 18.9. The Morgan fingerprint density at radius 3 is 3.08 bits per heavy atom. The average molecular weight is 339 g/mol. The number of carbonyl (C=O) groups is 2. The van der Waals surface area contributed by atoms with Crippen LogP contribution in [0.3, 0.4) is 0 Å². The number of amides is 3. The number of carbonyl (C=O) groups excluding carboxylic acids is 2. The highest BCUT2D eigenvalue weighted by atomic mass is 19.1. The zero-order valence-electron chi connectivity index (χ0n) is 13.3. The molecule has 1 aromatic carbocycles. The van der Waals surface area contributed by atoms with E-state index in [2.05, 4.69) is 16.0 Å². The third-order valence-corrected chi connectivity index (χ3v) is 3.58. The second-order valence-corrected chi connectivity index (χ2v) is 5.62. The first-order valence-corrected chi connectivity index (χ1v) is 7.93. The number of halogens is 1. The minimum absolute atomic E-state index is 0.0461. The number of benzene rings is 1. The van der Waals surface area contributed by atoms with Crippen LogP contribution in [0, 0.1) is 5.82 Å². The molecule has 132 valence electrons. The van der Waals surface area contributed by atoms with Crippen molar-refractivity contribution in [3.8, 4) is 5.75 Å². The maximum atomic E-state index is 13.0. The quantitative estimate of drug-likeness (QED) is 0.608. The number of rotatable bonds is 6. The molecule has 1 aromatic rings. The van der Waals surface area contributed by atoms with Gasteiger partial charge in [0, 0.05) is 19.2 Å². The Balaban J connectivity index is 1.68. The molecule has 1 aliphatic heterocycles. The minimum atomic E-state index is -0.957. The first-order valence-electron chi connectivity index (χ1n) is 7.93. The Kier molecular flexibility index (Phi) is 6.80. The van der Waals surface area contributed by atoms with Crippen molar-refractivity contribution in [1.82, 2.24) is 16.0 Å². The summed E-state index contributed by atoms with van der Waals surface area (Å²) in [5.41, 5.74) is 0. The van der Waals surface area contributed by atoms with Crippen LogP contribution in [0.4, 0.5) is 9.18 Å². The molecule has 0 radical (unpaired) electrons. The summed E-state index contributed by atoms with van der Waals surface area (Å²) in [4.78, 5) is 23.5. The molecule has 24 heavy (non-hydrogen) atoms. The maximum absolute atomic E-state index is 13.0. The van der Waals surface area contributed by atoms with Gasteiger partial charge in [0.2, 0.25) is 5.91 Å². The lowest BCUT2D eigenvalue weighted by molar-refractivity contribution is -0.122. The van der Waals surface area contributed by atoms with Crippen molar-refractivity contribution in [2.24, 2.45) is 0 Å². The monoisotopic (exact) mass is 339 g/mol. The third-order valence-electron chi connectivity index (χ3n) is 3.58. The standard InChI is InChI=1S/C16H22FN3O4/c17-11-4-3-5-13(8-11)24-10-12(21)9-19-16(23)20-14-6-1-2-7-18-15(14)22/h3-5,8,12,14,21H,1-2,6-7,9-10H2,(H,18,22)(H2,19,20,23)/t12-,14+/m1/s1. The van der Waals surface area contributed by atoms with Gasteiger partial charge in [-0.15, -0.1) is 0 Å². The van der Waals surface area contributed by atoms with Gasteiger partial charge in [0.05, 0.1) is 0 Å². The molecule has 3 amide bonds. The van der Waals surface area contributed by atoms with Crippen LogP contribution in [0.25, 0.3) is 0 Å². The molecule has 0 aliphatic carbocycles. The first kappa shape index (κ1) is 18.0. The number of aliphatic hydroxyl groups is 1. The third kappa shape index (κ3) is 6.04. The van der Waals surface area contributed by atoms with Gasteiger partial charge in [-0.05, 0) is 31.4 Å². The second-order valence-electron chi connectivity index (χ2n) is 5.62. The van der Waals surface area contributed by atoms with E-state index in [1.165, 1.54) is 18.2 Å². The van der Waals surface area contributed by atoms with Crippen molar-refractivity contribution < 1.29 is 23.8 Å². The molecule has 2 rings (SSSR count). The average Bonchev–Trinajstić information content (AvgIpc) is 2.76. The summed E-state index contributed by atoms with van der Waals surface area (Å²) in [6, 6.07) is 4.48. The van der Waals surface area contributed by atoms with E-state index in [0.29, 0.717) is 18.7 Å². The van der Waals surface area contributed by atoms with Gasteiger partial charge in [-0.2, -0.15) is 0 Å². The van der Waals surface area contributed by atoms with Gasteiger partial charge in [-0.25, -0.2) is 9.18 Å². The van der Waals surface area contributed by atoms with Crippen molar-refractivity contribution in [2.75, 3.05) is 19.7 Å². The highest BCUT2D eigenvalue weighted by Crippen LogP contribution is 2.12. The van der Waals surface area contributed by atoms with Crippen LogP contribution in [0.15, 0.2) is 24.3 Å². The largest absolute Gasteiger partial charge is 0.491 e. The fraction of sp³-hybridized carbons (Fsp3) is 0.500. The highest BCUT2D eigenvalue weighted by molar-refractivity contribution is 5.87. The number of urea groups is 1. The van der Waals surface area contributed by atoms with Gasteiger partial charge in [0.15, 0.2) is 0 Å². The zero-order valence-corrected chi connectivity index (χ0v) is 13.3. The lowest BCUT2D eigenvalue weighted by Gasteiger charge is -2.17. The summed E-state index contributed by atoms with van der Waals surface area (Å²) in [5.74, 6) is -0.326. The lowest BCUT2D eigenvalue weighted by atomic mass is 10.1. The van der Waals surface area contributed by atoms with Crippen molar-refractivity contribution >= 4 is 11.9 Å². The smallest absolute Gasteiger partial charge is 0.315 e. The van der Waals surface area contributed by atoms with Crippen molar-refractivity contribution in [3.63, 3.8) is 0 Å². The Labute approximate surface area is 139 Å². The van der Waals surface area contributed by atoms with Gasteiger partial charge in [0.25, 0.3) is 0 Å². The maximum Gasteiger partial charge on any atom is 0.315 e. The number of aliphatic hydroxyl groups excluding tert-OH is 1. The topological polar surface area (TPSA) is 99.7 Å². The van der Waals surface area contributed by atoms with Crippen LogP contribution >= 0.6 is 0 Å². The molecule has 0 unspecified atom stereocenters. The first-order chi connectivity index (χ1) is 11.5. The summed E-state index contributed by atoms with van der Waals surface area (Å²) >= 11 is 0. The van der Waals surface area contributed by atoms with Crippen LogP contribution in [0.1, 0.15) is 19.3 Å². The zero-order chi connectivity index (χ0) is 17.4. The summed E-state index contributed by atoms with van der Waals surface area (Å²) < 4.78 is 18.2. The number of nitrogens with one attached hydrogen (secondary N) is 3. The Morgan fingerprint density at radius 1 is 1.46 bits per heavy atom. The predicted molar refractivity (Wildman–Crippen MR) is 85.1 cm³/mol. The Morgan fingerprint density at radius 2 is 2.29 bits per heavy atom. The number of hydrogen-bond acceptors (Lipinski definition) is 4. The number of ether oxygens (including phenoxy) is 1. The van der Waals surface area contributed by atoms with E-state index in [1.807, 2.05) is 0 Å². The van der Waals surface area contributed by atoms with Crippen LogP contribution in [0.5, 0.6) is 5.75 Å². The molecule has 0 aromatic heterocycles. The van der Waals surface area contributed by atoms with E-state index in [9.17, 15) is 19.1 Å². The van der Waals surface area contributed by atoms with Crippen molar-refractivity contribution in [1.29, 1.82) is 0 Å². The predicted octanol–water partition coefficient (Wildman–Crippen LogP) is 0.533. The summed E-state index contributed by atoms with van der Waals surface area (Å²) in [6.07, 6.45) is 1.38. The molecule has 1 fully saturated rings. The van der Waals surface area contributed by atoms with Crippen LogP contribution < -0.4 is 20.7 Å². The summed E-state index contributed by atoms with van der Waals surface area (Å²) in [7, 11) is 0. The van der Waals surface area contributed by atoms with Crippen LogP contribution in [-0.4, -0.2) is 48.9 Å². The molecule has 0 bridgehead atoms. The molecule has 0 saturated carbocycles. The summed E-state index contributed by atoms with van der Waals surface area (Å²) in [5, 5.41) is 17.6. The number of hydrogen-bond donors (Lipinski definition) is 4. The summed E-state index contributed by atoms with van der Waals surface area (Å²) in [6.45, 7) is 0.484. The van der Waals surface area contributed by atoms with Gasteiger partial charge in [-0.3, -0.25) is 4.79 Å². The molecule has 2 atom stereocenters. The SMILES string of the molecule is O=C(NC[C@@H](O)COc1cccc(F)c1)N[C@H]1CCCCNC1=O. The molecule has 8 heteroatoms. The minimum Gasteiger partial charge on any atom is -0.491 e. The lowest BCUT2D eigenvalue weighted by Crippen LogP contribution is -2.50. The van der Waals surface area contributed by atoms with Gasteiger partial charge < -0.3 is 25.8 Å². The second kappa shape index (κ2) is 9.07. The van der Waals surface area contributed by atoms with Crippen molar-refractivity contribution in [2.45, 2.75) is 31.4 Å². The molecular formula is C16H22FN3O4. The van der Waals surface area contributed by atoms with E-state index < -0.39 is 24.0 Å². The van der Waals surface area contributed by atoms with E-state index >= 15 is 0 Å². The Bertz CT molecular complexity index is 570. The molecule has 1 aliphatic rings. The fourth-order valence-electron chi connectivity index (χ4n) is 2.30. The van der Waals surface area contributed by atoms with Gasteiger partial charge >= 0.3 is 6.03 Å². The van der Waals surface area contributed by atoms with Gasteiger partial charge in [-0.1, -0.05) is 6.07 Å². The fourth-order valence-corrected chi connectivity index (χ4v) is 2.30. The molecule has 7 nitrogen and oxygen atoms in total. The molecule has 1 heterocycles. The van der Waals surface area contributed by atoms with Crippen LogP contribution in [0.2, 0.25) is 0 Å². The van der Waals surface area contributed by atoms with Crippen molar-refractivity contribution in [3.05, 3.63) is 30.1 Å². The molecule has 4 N–H and O–H groups in total. The molecular weight excluding hydrogens is 317 g/mol. The van der Waals surface area contributed by atoms with E-state index in [4.69, 9.17) is 4.74 Å². The molecule has 1 saturated heterocycles. The van der Waals surface area contributed by atoms with Gasteiger partial charge in [0.1, 0.15) is 30.3 Å². The van der Waals surface area contributed by atoms with E-state index in [0.717, 1.165) is 12.8 Å². The highest BCUT2D eigenvalue weighted by Gasteiger charge is 2.22. The Hall–Kier alpha value is -2.35. The van der Waals surface area contributed by atoms with Crippen LogP contribution in [-0.2, 0) is 4.79 Å². The van der Waals surface area contributed by atoms with E-state index in [-0.39, 0.29) is 19.1 Å². The molecule has 0 spiro atoms. The van der Waals surface area contributed by atoms with E-state index in [1.54, 1.807) is 6.07 Å².